The lowest BCUT2D eigenvalue weighted by molar-refractivity contribution is -0.117. The molecule has 0 aromatic heterocycles. The van der Waals surface area contributed by atoms with Gasteiger partial charge in [0, 0.05) is 15.0 Å². The zero-order chi connectivity index (χ0) is 14.7. The zero-order valence-corrected chi connectivity index (χ0v) is 14.4. The van der Waals surface area contributed by atoms with Crippen LogP contribution in [-0.4, -0.2) is 41.7 Å². The van der Waals surface area contributed by atoms with E-state index in [1.807, 2.05) is 23.1 Å². The van der Waals surface area contributed by atoms with Gasteiger partial charge in [-0.1, -0.05) is 22.9 Å². The van der Waals surface area contributed by atoms with E-state index in [0.29, 0.717) is 12.5 Å². The Labute approximate surface area is 135 Å². The van der Waals surface area contributed by atoms with Crippen LogP contribution in [0.3, 0.4) is 0 Å². The molecule has 1 heterocycles. The third-order valence-electron chi connectivity index (χ3n) is 3.74. The van der Waals surface area contributed by atoms with Gasteiger partial charge in [0.2, 0.25) is 5.91 Å². The van der Waals surface area contributed by atoms with E-state index in [2.05, 4.69) is 44.1 Å². The number of carbonyl (C=O) groups is 1. The number of nitrogens with zero attached hydrogens (tertiary/aromatic N) is 1. The van der Waals surface area contributed by atoms with Crippen LogP contribution in [0.4, 0.5) is 5.69 Å². The molecule has 0 bridgehead atoms. The van der Waals surface area contributed by atoms with Crippen LogP contribution in [0.1, 0.15) is 13.3 Å². The molecule has 1 aromatic rings. The van der Waals surface area contributed by atoms with Crippen LogP contribution in [-0.2, 0) is 4.79 Å². The van der Waals surface area contributed by atoms with Crippen molar-refractivity contribution < 1.29 is 9.90 Å². The smallest absolute Gasteiger partial charge is 0.238 e. The van der Waals surface area contributed by atoms with Crippen molar-refractivity contribution in [1.82, 2.24) is 4.90 Å². The fourth-order valence-electron chi connectivity index (χ4n) is 2.54. The van der Waals surface area contributed by atoms with Crippen molar-refractivity contribution in [1.29, 1.82) is 0 Å². The molecule has 1 fully saturated rings. The zero-order valence-electron chi connectivity index (χ0n) is 11.3. The van der Waals surface area contributed by atoms with Crippen LogP contribution in [0.5, 0.6) is 0 Å². The van der Waals surface area contributed by atoms with Crippen LogP contribution in [0, 0.1) is 5.92 Å². The van der Waals surface area contributed by atoms with Crippen LogP contribution in [0.15, 0.2) is 27.1 Å². The SMILES string of the molecule is CC1CCN(CC(=O)Nc2ccc(Br)cc2Br)C1CO. The first-order valence-electron chi connectivity index (χ1n) is 6.61. The number of hydrogen-bond donors (Lipinski definition) is 2. The number of likely N-dealkylation sites (tertiary alicyclic amines) is 1. The Hall–Kier alpha value is -0.430. The maximum Gasteiger partial charge on any atom is 0.238 e. The second-order valence-electron chi connectivity index (χ2n) is 5.16. The van der Waals surface area contributed by atoms with Gasteiger partial charge in [-0.2, -0.15) is 0 Å². The van der Waals surface area contributed by atoms with Crippen LogP contribution < -0.4 is 5.32 Å². The minimum atomic E-state index is -0.0550. The van der Waals surface area contributed by atoms with Crippen molar-refractivity contribution >= 4 is 43.5 Å². The Morgan fingerprint density at radius 3 is 2.90 bits per heavy atom. The highest BCUT2D eigenvalue weighted by atomic mass is 79.9. The van der Waals surface area contributed by atoms with Gasteiger partial charge in [-0.25, -0.2) is 0 Å². The minimum absolute atomic E-state index is 0.0550. The fourth-order valence-corrected chi connectivity index (χ4v) is 3.69. The molecule has 110 valence electrons. The second-order valence-corrected chi connectivity index (χ2v) is 6.93. The van der Waals surface area contributed by atoms with Gasteiger partial charge in [0.25, 0.3) is 0 Å². The van der Waals surface area contributed by atoms with Gasteiger partial charge in [-0.3, -0.25) is 9.69 Å². The van der Waals surface area contributed by atoms with Gasteiger partial charge in [0.15, 0.2) is 0 Å². The lowest BCUT2D eigenvalue weighted by atomic mass is 10.0. The summed E-state index contributed by atoms with van der Waals surface area (Å²) in [7, 11) is 0. The molecule has 4 nitrogen and oxygen atoms in total. The quantitative estimate of drug-likeness (QED) is 0.809. The molecular weight excluding hydrogens is 388 g/mol. The van der Waals surface area contributed by atoms with Crippen LogP contribution in [0.25, 0.3) is 0 Å². The summed E-state index contributed by atoms with van der Waals surface area (Å²) in [6, 6.07) is 5.72. The predicted octanol–water partition coefficient (Wildman–Crippen LogP) is 2.85. The fraction of sp³-hybridized carbons (Fsp3) is 0.500. The number of carbonyl (C=O) groups excluding carboxylic acids is 1. The van der Waals surface area contributed by atoms with Crippen molar-refractivity contribution in [2.24, 2.45) is 5.92 Å². The number of aliphatic hydroxyl groups excluding tert-OH is 1. The number of aliphatic hydroxyl groups is 1. The first-order chi connectivity index (χ1) is 9.51. The molecule has 1 saturated heterocycles. The Morgan fingerprint density at radius 1 is 1.50 bits per heavy atom. The van der Waals surface area contributed by atoms with Crippen molar-refractivity contribution in [3.63, 3.8) is 0 Å². The van der Waals surface area contributed by atoms with E-state index < -0.39 is 0 Å². The average Bonchev–Trinajstić information content (AvgIpc) is 2.73. The van der Waals surface area contributed by atoms with E-state index in [9.17, 15) is 9.90 Å². The molecule has 0 spiro atoms. The van der Waals surface area contributed by atoms with Crippen LogP contribution in [0.2, 0.25) is 0 Å². The summed E-state index contributed by atoms with van der Waals surface area (Å²) in [5, 5.41) is 12.3. The summed E-state index contributed by atoms with van der Waals surface area (Å²) >= 11 is 6.80. The van der Waals surface area contributed by atoms with E-state index >= 15 is 0 Å². The molecule has 0 saturated carbocycles. The molecule has 1 aliphatic heterocycles. The molecule has 0 radical (unpaired) electrons. The number of rotatable bonds is 4. The first-order valence-corrected chi connectivity index (χ1v) is 8.19. The largest absolute Gasteiger partial charge is 0.395 e. The predicted molar refractivity (Wildman–Crippen MR) is 86.7 cm³/mol. The third kappa shape index (κ3) is 3.81. The number of benzene rings is 1. The Bertz CT molecular complexity index is 496. The van der Waals surface area contributed by atoms with Crippen molar-refractivity contribution in [3.8, 4) is 0 Å². The third-order valence-corrected chi connectivity index (χ3v) is 4.89. The van der Waals surface area contributed by atoms with E-state index in [-0.39, 0.29) is 18.6 Å². The topological polar surface area (TPSA) is 52.6 Å². The molecule has 1 amide bonds. The van der Waals surface area contributed by atoms with E-state index in [1.54, 1.807) is 0 Å². The van der Waals surface area contributed by atoms with E-state index in [1.165, 1.54) is 0 Å². The number of halogens is 2. The average molecular weight is 406 g/mol. The lowest BCUT2D eigenvalue weighted by Crippen LogP contribution is -2.40. The molecule has 20 heavy (non-hydrogen) atoms. The van der Waals surface area contributed by atoms with Gasteiger partial charge in [-0.05, 0) is 53.0 Å². The molecule has 1 aromatic carbocycles. The molecule has 2 atom stereocenters. The molecular formula is C14H18Br2N2O2. The summed E-state index contributed by atoms with van der Waals surface area (Å²) in [5.41, 5.74) is 0.756. The number of hydrogen-bond acceptors (Lipinski definition) is 3. The molecule has 2 rings (SSSR count). The number of nitrogens with one attached hydrogen (secondary N) is 1. The van der Waals surface area contributed by atoms with Gasteiger partial charge < -0.3 is 10.4 Å². The molecule has 0 aliphatic carbocycles. The molecule has 2 N–H and O–H groups in total. The van der Waals surface area contributed by atoms with Gasteiger partial charge in [0.05, 0.1) is 18.8 Å². The van der Waals surface area contributed by atoms with E-state index in [0.717, 1.165) is 27.6 Å². The number of amides is 1. The maximum absolute atomic E-state index is 12.1. The maximum atomic E-state index is 12.1. The van der Waals surface area contributed by atoms with Gasteiger partial charge in [-0.15, -0.1) is 0 Å². The Morgan fingerprint density at radius 2 is 2.25 bits per heavy atom. The van der Waals surface area contributed by atoms with Gasteiger partial charge >= 0.3 is 0 Å². The molecule has 1 aliphatic rings. The first kappa shape index (κ1) is 15.9. The summed E-state index contributed by atoms with van der Waals surface area (Å²) in [5.74, 6) is 0.382. The summed E-state index contributed by atoms with van der Waals surface area (Å²) in [4.78, 5) is 14.2. The number of anilines is 1. The second kappa shape index (κ2) is 7.02. The molecule has 6 heteroatoms. The standard InChI is InChI=1S/C14H18Br2N2O2/c1-9-4-5-18(13(9)8-19)7-14(20)17-12-3-2-10(15)6-11(12)16/h2-3,6,9,13,19H,4-5,7-8H2,1H3,(H,17,20). The van der Waals surface area contributed by atoms with Gasteiger partial charge in [0.1, 0.15) is 0 Å². The minimum Gasteiger partial charge on any atom is -0.395 e. The highest BCUT2D eigenvalue weighted by Gasteiger charge is 2.31. The van der Waals surface area contributed by atoms with Crippen molar-refractivity contribution in [2.45, 2.75) is 19.4 Å². The van der Waals surface area contributed by atoms with Crippen molar-refractivity contribution in [2.75, 3.05) is 25.0 Å². The summed E-state index contributed by atoms with van der Waals surface area (Å²) in [6.07, 6.45) is 1.03. The van der Waals surface area contributed by atoms with Crippen LogP contribution >= 0.6 is 31.9 Å². The lowest BCUT2D eigenvalue weighted by Gasteiger charge is -2.24. The summed E-state index contributed by atoms with van der Waals surface area (Å²) in [6.45, 7) is 3.40. The van der Waals surface area contributed by atoms with Crippen molar-refractivity contribution in [3.05, 3.63) is 27.1 Å². The highest BCUT2D eigenvalue weighted by Crippen LogP contribution is 2.27. The molecule has 2 unspecified atom stereocenters. The normalized spacial score (nSPS) is 23.0. The Kier molecular flexibility index (Phi) is 5.60. The Balaban J connectivity index is 1.95. The van der Waals surface area contributed by atoms with E-state index in [4.69, 9.17) is 0 Å². The summed E-state index contributed by atoms with van der Waals surface area (Å²) < 4.78 is 1.80. The monoisotopic (exact) mass is 404 g/mol. The highest BCUT2D eigenvalue weighted by molar-refractivity contribution is 9.11.